The van der Waals surface area contributed by atoms with Crippen molar-refractivity contribution in [1.82, 2.24) is 15.1 Å². The number of fused-ring (bicyclic) bond motifs is 1. The summed E-state index contributed by atoms with van der Waals surface area (Å²) < 4.78 is 1.87. The van der Waals surface area contributed by atoms with Crippen LogP contribution < -0.4 is 5.32 Å². The highest BCUT2D eigenvalue weighted by Crippen LogP contribution is 2.36. The van der Waals surface area contributed by atoms with Crippen LogP contribution in [0.3, 0.4) is 0 Å². The van der Waals surface area contributed by atoms with E-state index in [-0.39, 0.29) is 12.1 Å². The van der Waals surface area contributed by atoms with Gasteiger partial charge in [0.2, 0.25) is 0 Å². The first kappa shape index (κ1) is 14.3. The standard InChI is InChI=1S/C17H23N3O/c1-3-16-14(11-20(2)19-16)10-18-17(12-21)9-8-13-6-4-5-7-15(13)17/h4-7,11,18,21H,3,8-10,12H2,1-2H3. The van der Waals surface area contributed by atoms with Gasteiger partial charge in [-0.05, 0) is 30.4 Å². The monoisotopic (exact) mass is 285 g/mol. The largest absolute Gasteiger partial charge is 0.394 e. The van der Waals surface area contributed by atoms with E-state index < -0.39 is 0 Å². The average molecular weight is 285 g/mol. The molecule has 1 unspecified atom stereocenters. The molecule has 4 heteroatoms. The fourth-order valence-corrected chi connectivity index (χ4v) is 3.39. The third-order valence-corrected chi connectivity index (χ3v) is 4.57. The van der Waals surface area contributed by atoms with Crippen molar-refractivity contribution >= 4 is 0 Å². The van der Waals surface area contributed by atoms with Crippen LogP contribution >= 0.6 is 0 Å². The number of hydrogen-bond donors (Lipinski definition) is 2. The van der Waals surface area contributed by atoms with Gasteiger partial charge in [0.1, 0.15) is 0 Å². The SMILES string of the molecule is CCc1nn(C)cc1CNC1(CO)CCc2ccccc21. The molecule has 0 saturated heterocycles. The molecule has 112 valence electrons. The summed E-state index contributed by atoms with van der Waals surface area (Å²) in [5.41, 5.74) is 4.63. The Hall–Kier alpha value is -1.65. The molecule has 0 amide bonds. The molecule has 1 atom stereocenters. The van der Waals surface area contributed by atoms with E-state index in [0.717, 1.165) is 31.5 Å². The molecule has 1 aromatic heterocycles. The van der Waals surface area contributed by atoms with Crippen molar-refractivity contribution < 1.29 is 5.11 Å². The minimum absolute atomic E-state index is 0.131. The van der Waals surface area contributed by atoms with Gasteiger partial charge in [-0.2, -0.15) is 5.10 Å². The van der Waals surface area contributed by atoms with E-state index in [4.69, 9.17) is 0 Å². The fourth-order valence-electron chi connectivity index (χ4n) is 3.39. The molecule has 1 heterocycles. The van der Waals surface area contributed by atoms with Crippen LogP contribution in [0.1, 0.15) is 35.7 Å². The molecule has 3 rings (SSSR count). The number of hydrogen-bond acceptors (Lipinski definition) is 3. The normalized spacial score (nSPS) is 20.7. The molecule has 0 bridgehead atoms. The van der Waals surface area contributed by atoms with Gasteiger partial charge in [-0.1, -0.05) is 31.2 Å². The summed E-state index contributed by atoms with van der Waals surface area (Å²) in [5.74, 6) is 0. The number of aromatic nitrogens is 2. The molecule has 0 spiro atoms. The zero-order valence-corrected chi connectivity index (χ0v) is 12.8. The summed E-state index contributed by atoms with van der Waals surface area (Å²) in [6.07, 6.45) is 4.97. The highest BCUT2D eigenvalue weighted by Gasteiger charge is 2.37. The minimum atomic E-state index is -0.308. The summed E-state index contributed by atoms with van der Waals surface area (Å²) in [6.45, 7) is 3.00. The van der Waals surface area contributed by atoms with E-state index in [1.54, 1.807) is 0 Å². The summed E-state index contributed by atoms with van der Waals surface area (Å²) in [5, 5.41) is 18.1. The Kier molecular flexibility index (Phi) is 3.83. The number of nitrogens with one attached hydrogen (secondary N) is 1. The molecule has 0 saturated carbocycles. The highest BCUT2D eigenvalue weighted by molar-refractivity contribution is 5.39. The van der Waals surface area contributed by atoms with Crippen LogP contribution in [0, 0.1) is 0 Å². The highest BCUT2D eigenvalue weighted by atomic mass is 16.3. The Bertz CT molecular complexity index is 635. The predicted octanol–water partition coefficient (Wildman–Crippen LogP) is 1.91. The summed E-state index contributed by atoms with van der Waals surface area (Å²) in [4.78, 5) is 0. The second-order valence-electron chi connectivity index (χ2n) is 5.88. The Morgan fingerprint density at radius 3 is 2.95 bits per heavy atom. The van der Waals surface area contributed by atoms with Crippen LogP contribution in [0.25, 0.3) is 0 Å². The molecular formula is C17H23N3O. The Morgan fingerprint density at radius 2 is 2.19 bits per heavy atom. The number of rotatable bonds is 5. The van der Waals surface area contributed by atoms with E-state index in [9.17, 15) is 5.11 Å². The van der Waals surface area contributed by atoms with Crippen LogP contribution in [0.5, 0.6) is 0 Å². The molecule has 0 aliphatic heterocycles. The van der Waals surface area contributed by atoms with Gasteiger partial charge in [-0.15, -0.1) is 0 Å². The number of nitrogens with zero attached hydrogens (tertiary/aromatic N) is 2. The fraction of sp³-hybridized carbons (Fsp3) is 0.471. The number of aryl methyl sites for hydroxylation is 3. The molecule has 1 aliphatic rings. The van der Waals surface area contributed by atoms with Crippen molar-refractivity contribution in [2.75, 3.05) is 6.61 Å². The summed E-state index contributed by atoms with van der Waals surface area (Å²) in [6, 6.07) is 8.42. The zero-order valence-electron chi connectivity index (χ0n) is 12.8. The van der Waals surface area contributed by atoms with Crippen LogP contribution in [0.4, 0.5) is 0 Å². The van der Waals surface area contributed by atoms with Crippen molar-refractivity contribution in [2.45, 2.75) is 38.3 Å². The van der Waals surface area contributed by atoms with E-state index in [0.29, 0.717) is 0 Å². The van der Waals surface area contributed by atoms with Gasteiger partial charge < -0.3 is 10.4 Å². The predicted molar refractivity (Wildman–Crippen MR) is 83.0 cm³/mol. The third kappa shape index (κ3) is 2.49. The molecular weight excluding hydrogens is 262 g/mol. The maximum Gasteiger partial charge on any atom is 0.0677 e. The molecule has 0 fully saturated rings. The minimum Gasteiger partial charge on any atom is -0.394 e. The van der Waals surface area contributed by atoms with Gasteiger partial charge in [-0.3, -0.25) is 4.68 Å². The first-order valence-corrected chi connectivity index (χ1v) is 7.64. The number of aliphatic hydroxyl groups is 1. The zero-order chi connectivity index (χ0) is 14.9. The van der Waals surface area contributed by atoms with Crippen molar-refractivity contribution in [3.05, 3.63) is 52.8 Å². The van der Waals surface area contributed by atoms with E-state index in [2.05, 4.69) is 47.8 Å². The molecule has 2 aromatic rings. The second kappa shape index (κ2) is 5.62. The van der Waals surface area contributed by atoms with Crippen molar-refractivity contribution in [2.24, 2.45) is 7.05 Å². The van der Waals surface area contributed by atoms with Gasteiger partial charge in [-0.25, -0.2) is 0 Å². The molecule has 21 heavy (non-hydrogen) atoms. The van der Waals surface area contributed by atoms with Gasteiger partial charge in [0.05, 0.1) is 17.8 Å². The Morgan fingerprint density at radius 1 is 1.38 bits per heavy atom. The molecule has 1 aromatic carbocycles. The van der Waals surface area contributed by atoms with E-state index >= 15 is 0 Å². The maximum atomic E-state index is 9.99. The number of aliphatic hydroxyl groups excluding tert-OH is 1. The second-order valence-corrected chi connectivity index (χ2v) is 5.88. The lowest BCUT2D eigenvalue weighted by Gasteiger charge is -2.30. The van der Waals surface area contributed by atoms with Gasteiger partial charge in [0, 0.05) is 25.4 Å². The smallest absolute Gasteiger partial charge is 0.0677 e. The Labute approximate surface area is 125 Å². The lowest BCUT2D eigenvalue weighted by Crippen LogP contribution is -2.43. The lowest BCUT2D eigenvalue weighted by atomic mass is 9.92. The first-order chi connectivity index (χ1) is 10.2. The Balaban J connectivity index is 1.83. The van der Waals surface area contributed by atoms with Crippen molar-refractivity contribution in [1.29, 1.82) is 0 Å². The van der Waals surface area contributed by atoms with Crippen LogP contribution in [-0.4, -0.2) is 21.5 Å². The molecule has 0 radical (unpaired) electrons. The molecule has 1 aliphatic carbocycles. The van der Waals surface area contributed by atoms with Crippen molar-refractivity contribution in [3.63, 3.8) is 0 Å². The maximum absolute atomic E-state index is 9.99. The topological polar surface area (TPSA) is 50.1 Å². The summed E-state index contributed by atoms with van der Waals surface area (Å²) >= 11 is 0. The summed E-state index contributed by atoms with van der Waals surface area (Å²) in [7, 11) is 1.95. The van der Waals surface area contributed by atoms with Crippen LogP contribution in [0.15, 0.2) is 30.5 Å². The first-order valence-electron chi connectivity index (χ1n) is 7.64. The van der Waals surface area contributed by atoms with Crippen LogP contribution in [-0.2, 0) is 32.0 Å². The van der Waals surface area contributed by atoms with Crippen molar-refractivity contribution in [3.8, 4) is 0 Å². The van der Waals surface area contributed by atoms with E-state index in [1.165, 1.54) is 16.7 Å². The third-order valence-electron chi connectivity index (χ3n) is 4.57. The van der Waals surface area contributed by atoms with Crippen LogP contribution in [0.2, 0.25) is 0 Å². The van der Waals surface area contributed by atoms with E-state index in [1.807, 2.05) is 11.7 Å². The van der Waals surface area contributed by atoms with Gasteiger partial charge in [0.25, 0.3) is 0 Å². The lowest BCUT2D eigenvalue weighted by molar-refractivity contribution is 0.158. The number of benzene rings is 1. The quantitative estimate of drug-likeness (QED) is 0.882. The molecule has 4 nitrogen and oxygen atoms in total. The molecule has 2 N–H and O–H groups in total. The van der Waals surface area contributed by atoms with Gasteiger partial charge >= 0.3 is 0 Å². The average Bonchev–Trinajstić information content (AvgIpc) is 3.06. The van der Waals surface area contributed by atoms with Gasteiger partial charge in [0.15, 0.2) is 0 Å².